The Morgan fingerprint density at radius 1 is 1.25 bits per heavy atom. The van der Waals surface area contributed by atoms with E-state index < -0.39 is 0 Å². The zero-order valence-corrected chi connectivity index (χ0v) is 12.1. The van der Waals surface area contributed by atoms with Gasteiger partial charge >= 0.3 is 0 Å². The van der Waals surface area contributed by atoms with Gasteiger partial charge in [-0.15, -0.1) is 0 Å². The second-order valence-electron chi connectivity index (χ2n) is 3.03. The summed E-state index contributed by atoms with van der Waals surface area (Å²) < 4.78 is 0.468. The number of carbonyl (C=O) groups excluding carboxylic acids is 1. The second kappa shape index (κ2) is 6.19. The monoisotopic (exact) mass is 303 g/mol. The Bertz CT molecular complexity index is 536. The number of aromatic nitrogens is 1. The van der Waals surface area contributed by atoms with Gasteiger partial charge in [-0.1, -0.05) is 17.8 Å². The number of H-pyrrole nitrogens is 1. The van der Waals surface area contributed by atoms with Crippen molar-refractivity contribution < 1.29 is 37.5 Å². The van der Waals surface area contributed by atoms with E-state index in [1.165, 1.54) is 0 Å². The number of carbonyl (C=O) groups is 1. The van der Waals surface area contributed by atoms with Crippen molar-refractivity contribution in [2.75, 3.05) is 0 Å². The number of hydrogen-bond acceptors (Lipinski definition) is 2. The molecule has 0 saturated heterocycles. The quantitative estimate of drug-likeness (QED) is 0.526. The number of aromatic amines is 1. The van der Waals surface area contributed by atoms with Crippen LogP contribution in [0.15, 0.2) is 42.6 Å². The van der Waals surface area contributed by atoms with Crippen molar-refractivity contribution >= 4 is 18.0 Å². The molecule has 0 bridgehead atoms. The molecule has 1 N–H and O–H groups in total. The molecule has 0 atom stereocenters. The van der Waals surface area contributed by atoms with Crippen LogP contribution in [0.25, 0.3) is 0 Å². The molecular formula is C12H8NOSY-. The third-order valence-electron chi connectivity index (χ3n) is 2.04. The maximum atomic E-state index is 12.0. The Hall–Kier alpha value is -0.636. The number of nitrogens with one attached hydrogen (secondary N) is 1. The Balaban J connectivity index is 0.00000128. The fourth-order valence-corrected chi connectivity index (χ4v) is 1.52. The summed E-state index contributed by atoms with van der Waals surface area (Å²) in [5.74, 6) is -0.0640. The van der Waals surface area contributed by atoms with Crippen molar-refractivity contribution in [1.29, 1.82) is 0 Å². The Morgan fingerprint density at radius 3 is 2.56 bits per heavy atom. The molecule has 0 saturated carbocycles. The van der Waals surface area contributed by atoms with Gasteiger partial charge in [-0.3, -0.25) is 4.79 Å². The van der Waals surface area contributed by atoms with E-state index in [2.05, 4.69) is 11.1 Å². The van der Waals surface area contributed by atoms with E-state index in [4.69, 9.17) is 12.2 Å². The number of rotatable bonds is 2. The van der Waals surface area contributed by atoms with Gasteiger partial charge in [0, 0.05) is 38.9 Å². The van der Waals surface area contributed by atoms with Gasteiger partial charge in [0.05, 0.1) is 5.56 Å². The third-order valence-corrected chi connectivity index (χ3v) is 2.38. The Labute approximate surface area is 124 Å². The molecule has 1 radical (unpaired) electrons. The van der Waals surface area contributed by atoms with Crippen LogP contribution in [0.2, 0.25) is 0 Å². The molecular weight excluding hydrogens is 295 g/mol. The van der Waals surface area contributed by atoms with Crippen molar-refractivity contribution in [3.05, 3.63) is 64.4 Å². The molecule has 0 amide bonds. The van der Waals surface area contributed by atoms with Crippen LogP contribution < -0.4 is 0 Å². The summed E-state index contributed by atoms with van der Waals surface area (Å²) in [5.41, 5.74) is 1.15. The summed E-state index contributed by atoms with van der Waals surface area (Å²) in [6, 6.07) is 13.2. The molecule has 2 rings (SSSR count). The predicted molar refractivity (Wildman–Crippen MR) is 60.3 cm³/mol. The van der Waals surface area contributed by atoms with Crippen LogP contribution in [-0.4, -0.2) is 10.8 Å². The van der Waals surface area contributed by atoms with Crippen molar-refractivity contribution in [2.24, 2.45) is 0 Å². The molecule has 0 fully saturated rings. The van der Waals surface area contributed by atoms with E-state index >= 15 is 0 Å². The standard InChI is InChI=1S/C12H8NOS.Y/c14-11(9-5-2-1-3-6-9)10-7-4-8-13-12(10)15;/h2-8H,(H,13,15);/q-1;. The van der Waals surface area contributed by atoms with Crippen molar-refractivity contribution in [1.82, 2.24) is 4.98 Å². The normalized spacial score (nSPS) is 9.25. The minimum absolute atomic E-state index is 0. The maximum Gasteiger partial charge on any atom is 0.172 e. The number of ketones is 1. The van der Waals surface area contributed by atoms with Crippen LogP contribution in [0.5, 0.6) is 0 Å². The minimum Gasteiger partial charge on any atom is -0.352 e. The third kappa shape index (κ3) is 2.94. The van der Waals surface area contributed by atoms with E-state index in [0.29, 0.717) is 15.8 Å². The molecule has 2 nitrogen and oxygen atoms in total. The number of hydrogen-bond donors (Lipinski definition) is 1. The fraction of sp³-hybridized carbons (Fsp3) is 0. The molecule has 1 heterocycles. The second-order valence-corrected chi connectivity index (χ2v) is 3.44. The minimum atomic E-state index is -0.0640. The predicted octanol–water partition coefficient (Wildman–Crippen LogP) is 2.77. The van der Waals surface area contributed by atoms with Gasteiger partial charge in [-0.05, 0) is 12.1 Å². The summed E-state index contributed by atoms with van der Waals surface area (Å²) >= 11 is 5.04. The van der Waals surface area contributed by atoms with E-state index in [0.717, 1.165) is 0 Å². The van der Waals surface area contributed by atoms with Crippen LogP contribution in [0.1, 0.15) is 15.9 Å². The van der Waals surface area contributed by atoms with E-state index in [1.54, 1.807) is 42.6 Å². The largest absolute Gasteiger partial charge is 0.352 e. The zero-order chi connectivity index (χ0) is 10.7. The van der Waals surface area contributed by atoms with Gasteiger partial charge in [0.2, 0.25) is 0 Å². The Morgan fingerprint density at radius 2 is 1.94 bits per heavy atom. The van der Waals surface area contributed by atoms with Gasteiger partial charge in [0.15, 0.2) is 5.78 Å². The average Bonchev–Trinajstić information content (AvgIpc) is 2.30. The molecule has 0 aliphatic heterocycles. The van der Waals surface area contributed by atoms with E-state index in [-0.39, 0.29) is 38.5 Å². The Kier molecular flexibility index (Phi) is 5.19. The molecule has 0 aliphatic rings. The number of pyridine rings is 1. The summed E-state index contributed by atoms with van der Waals surface area (Å²) in [4.78, 5) is 14.8. The van der Waals surface area contributed by atoms with Crippen molar-refractivity contribution in [3.8, 4) is 0 Å². The van der Waals surface area contributed by atoms with Crippen LogP contribution in [0.4, 0.5) is 0 Å². The molecule has 4 heteroatoms. The van der Waals surface area contributed by atoms with Crippen LogP contribution >= 0.6 is 12.2 Å². The molecule has 1 aromatic carbocycles. The summed E-state index contributed by atoms with van der Waals surface area (Å²) in [5, 5.41) is 0. The molecule has 16 heavy (non-hydrogen) atoms. The van der Waals surface area contributed by atoms with Crippen molar-refractivity contribution in [3.63, 3.8) is 0 Å². The average molecular weight is 303 g/mol. The van der Waals surface area contributed by atoms with Gasteiger partial charge < -0.3 is 4.98 Å². The summed E-state index contributed by atoms with van der Waals surface area (Å²) in [7, 11) is 0. The van der Waals surface area contributed by atoms with E-state index in [9.17, 15) is 4.79 Å². The first-order chi connectivity index (χ1) is 7.29. The molecule has 1 aromatic heterocycles. The van der Waals surface area contributed by atoms with Crippen LogP contribution in [-0.2, 0) is 32.7 Å². The van der Waals surface area contributed by atoms with Crippen molar-refractivity contribution in [2.45, 2.75) is 0 Å². The van der Waals surface area contributed by atoms with Gasteiger partial charge in [0.1, 0.15) is 4.64 Å². The van der Waals surface area contributed by atoms with Gasteiger partial charge in [-0.2, -0.15) is 30.3 Å². The first kappa shape index (κ1) is 13.4. The molecule has 77 valence electrons. The maximum absolute atomic E-state index is 12.0. The van der Waals surface area contributed by atoms with Gasteiger partial charge in [0.25, 0.3) is 0 Å². The fourth-order valence-electron chi connectivity index (χ4n) is 1.29. The SMILES string of the molecule is O=C(c1cc[c-]cc1)c1ccc[nH]c1=S.[Y]. The summed E-state index contributed by atoms with van der Waals surface area (Å²) in [6.07, 6.45) is 1.71. The van der Waals surface area contributed by atoms with Crippen LogP contribution in [0, 0.1) is 10.7 Å². The zero-order valence-electron chi connectivity index (χ0n) is 8.44. The molecule has 0 aliphatic carbocycles. The van der Waals surface area contributed by atoms with Gasteiger partial charge in [-0.25, -0.2) is 0 Å². The first-order valence-corrected chi connectivity index (χ1v) is 4.88. The molecule has 0 spiro atoms. The topological polar surface area (TPSA) is 32.9 Å². The smallest absolute Gasteiger partial charge is 0.172 e. The first-order valence-electron chi connectivity index (χ1n) is 4.47. The number of benzene rings is 1. The summed E-state index contributed by atoms with van der Waals surface area (Å²) in [6.45, 7) is 0. The molecule has 0 unspecified atom stereocenters. The van der Waals surface area contributed by atoms with E-state index in [1.807, 2.05) is 0 Å². The molecule has 2 aromatic rings. The van der Waals surface area contributed by atoms with Crippen LogP contribution in [0.3, 0.4) is 0 Å².